The molecule has 1 amide bonds. The Kier molecular flexibility index (Phi) is 6.01. The Hall–Kier alpha value is -0.260. The number of halogens is 1. The number of thioether (sulfide) groups is 1. The molecule has 3 rings (SSSR count). The lowest BCUT2D eigenvalue weighted by atomic mass is 9.72. The van der Waals surface area contributed by atoms with E-state index in [9.17, 15) is 4.79 Å². The molecule has 3 aliphatic rings. The highest BCUT2D eigenvalue weighted by Gasteiger charge is 2.53. The molecule has 0 N–H and O–H groups in total. The van der Waals surface area contributed by atoms with Gasteiger partial charge in [-0.2, -0.15) is 5.10 Å². The van der Waals surface area contributed by atoms with Crippen LogP contribution in [0.25, 0.3) is 0 Å². The molecule has 0 aromatic heterocycles. The third-order valence-electron chi connectivity index (χ3n) is 6.34. The molecule has 3 atom stereocenters. The molecule has 0 saturated heterocycles. The van der Waals surface area contributed by atoms with Crippen LogP contribution in [-0.2, 0) is 9.53 Å². The van der Waals surface area contributed by atoms with Crippen molar-refractivity contribution in [3.05, 3.63) is 0 Å². The van der Waals surface area contributed by atoms with Crippen molar-refractivity contribution in [2.75, 3.05) is 13.4 Å². The molecule has 148 valence electrons. The summed E-state index contributed by atoms with van der Waals surface area (Å²) < 4.78 is 4.87. The van der Waals surface area contributed by atoms with Gasteiger partial charge < -0.3 is 4.74 Å². The summed E-state index contributed by atoms with van der Waals surface area (Å²) in [6.07, 6.45) is 11.5. The Bertz CT molecular complexity index is 553. The van der Waals surface area contributed by atoms with Crippen molar-refractivity contribution in [1.82, 2.24) is 5.01 Å². The lowest BCUT2D eigenvalue weighted by Crippen LogP contribution is -2.57. The molecule has 2 saturated carbocycles. The molecule has 0 bridgehead atoms. The van der Waals surface area contributed by atoms with Crippen LogP contribution in [0.1, 0.15) is 59.3 Å². The second-order valence-electron chi connectivity index (χ2n) is 9.14. The quantitative estimate of drug-likeness (QED) is 0.625. The maximum absolute atomic E-state index is 13.1. The molecule has 2 fully saturated rings. The van der Waals surface area contributed by atoms with Gasteiger partial charge in [0.15, 0.2) is 4.21 Å². The van der Waals surface area contributed by atoms with Crippen LogP contribution in [0.3, 0.4) is 0 Å². The Morgan fingerprint density at radius 3 is 2.19 bits per heavy atom. The molecule has 4 nitrogen and oxygen atoms in total. The van der Waals surface area contributed by atoms with E-state index in [4.69, 9.17) is 16.3 Å². The van der Waals surface area contributed by atoms with Gasteiger partial charge in [-0.15, -0.1) is 11.8 Å². The second kappa shape index (κ2) is 7.63. The summed E-state index contributed by atoms with van der Waals surface area (Å²) in [6, 6.07) is 0. The fourth-order valence-corrected chi connectivity index (χ4v) is 5.83. The lowest BCUT2D eigenvalue weighted by Gasteiger charge is -2.46. The summed E-state index contributed by atoms with van der Waals surface area (Å²) in [5, 5.41) is 6.09. The predicted octanol–water partition coefficient (Wildman–Crippen LogP) is 4.76. The van der Waals surface area contributed by atoms with Gasteiger partial charge in [-0.25, -0.2) is 5.01 Å². The SMILES string of the molecule is COC(C1CC1)C1CCC(C2C=NN(C(C)(C)C)C(=O)C2(Cl)SC)CC1. The van der Waals surface area contributed by atoms with Crippen molar-refractivity contribution >= 4 is 35.5 Å². The summed E-state index contributed by atoms with van der Waals surface area (Å²) in [7, 11) is 1.86. The van der Waals surface area contributed by atoms with E-state index < -0.39 is 4.21 Å². The molecule has 1 heterocycles. The van der Waals surface area contributed by atoms with Gasteiger partial charge in [-0.3, -0.25) is 4.79 Å². The van der Waals surface area contributed by atoms with E-state index in [-0.39, 0.29) is 17.4 Å². The first-order chi connectivity index (χ1) is 12.2. The van der Waals surface area contributed by atoms with Crippen LogP contribution in [0.2, 0.25) is 0 Å². The van der Waals surface area contributed by atoms with Gasteiger partial charge in [0.2, 0.25) is 0 Å². The molecule has 0 aromatic rings. The normalized spacial score (nSPS) is 37.1. The van der Waals surface area contributed by atoms with Crippen molar-refractivity contribution in [2.45, 2.75) is 75.1 Å². The summed E-state index contributed by atoms with van der Waals surface area (Å²) >= 11 is 8.42. The molecule has 0 spiro atoms. The van der Waals surface area contributed by atoms with Crippen LogP contribution in [0, 0.1) is 23.7 Å². The molecular formula is C20H33ClN2O2S. The van der Waals surface area contributed by atoms with E-state index in [1.165, 1.54) is 37.4 Å². The van der Waals surface area contributed by atoms with Crippen LogP contribution in [0.15, 0.2) is 5.10 Å². The van der Waals surface area contributed by atoms with Gasteiger partial charge in [0.25, 0.3) is 5.91 Å². The van der Waals surface area contributed by atoms with Crippen molar-refractivity contribution in [1.29, 1.82) is 0 Å². The molecule has 2 aliphatic carbocycles. The van der Waals surface area contributed by atoms with E-state index in [1.54, 1.807) is 5.01 Å². The van der Waals surface area contributed by atoms with Crippen LogP contribution < -0.4 is 0 Å². The Balaban J connectivity index is 1.71. The Morgan fingerprint density at radius 2 is 1.77 bits per heavy atom. The standard InChI is InChI=1S/C20H33ClN2O2S/c1-19(2,3)23-18(24)20(21,26-5)16(12-22-23)13-6-8-14(9-7-13)17(25-4)15-10-11-15/h12-17H,6-11H2,1-5H3. The summed E-state index contributed by atoms with van der Waals surface area (Å²) in [6.45, 7) is 5.98. The van der Waals surface area contributed by atoms with E-state index in [1.807, 2.05) is 40.4 Å². The number of carbonyl (C=O) groups excluding carboxylic acids is 1. The number of amides is 1. The summed E-state index contributed by atoms with van der Waals surface area (Å²) in [5.41, 5.74) is -0.359. The topological polar surface area (TPSA) is 41.9 Å². The molecule has 6 heteroatoms. The number of alkyl halides is 1. The van der Waals surface area contributed by atoms with Crippen molar-refractivity contribution in [3.63, 3.8) is 0 Å². The molecule has 26 heavy (non-hydrogen) atoms. The predicted molar refractivity (Wildman–Crippen MR) is 110 cm³/mol. The number of rotatable bonds is 5. The Labute approximate surface area is 167 Å². The monoisotopic (exact) mass is 400 g/mol. The number of hydrogen-bond acceptors (Lipinski definition) is 4. The highest BCUT2D eigenvalue weighted by atomic mass is 35.5. The number of ether oxygens (including phenoxy) is 1. The summed E-state index contributed by atoms with van der Waals surface area (Å²) in [4.78, 5) is 13.1. The number of hydrogen-bond donors (Lipinski definition) is 0. The smallest absolute Gasteiger partial charge is 0.275 e. The van der Waals surface area contributed by atoms with E-state index >= 15 is 0 Å². The fourth-order valence-electron chi connectivity index (χ4n) is 4.73. The largest absolute Gasteiger partial charge is 0.381 e. The van der Waals surface area contributed by atoms with Gasteiger partial charge in [0, 0.05) is 19.2 Å². The van der Waals surface area contributed by atoms with Crippen LogP contribution in [-0.4, -0.2) is 46.3 Å². The fraction of sp³-hybridized carbons (Fsp3) is 0.900. The first kappa shape index (κ1) is 20.5. The van der Waals surface area contributed by atoms with Gasteiger partial charge in [-0.1, -0.05) is 11.6 Å². The van der Waals surface area contributed by atoms with Crippen LogP contribution >= 0.6 is 23.4 Å². The molecule has 0 aromatic carbocycles. The van der Waals surface area contributed by atoms with Crippen LogP contribution in [0.5, 0.6) is 0 Å². The zero-order chi connectivity index (χ0) is 19.1. The van der Waals surface area contributed by atoms with Crippen molar-refractivity contribution in [3.8, 4) is 0 Å². The molecular weight excluding hydrogens is 368 g/mol. The number of carbonyl (C=O) groups is 1. The highest BCUT2D eigenvalue weighted by molar-refractivity contribution is 8.02. The zero-order valence-corrected chi connectivity index (χ0v) is 18.3. The average molecular weight is 401 g/mol. The second-order valence-corrected chi connectivity index (χ2v) is 11.0. The average Bonchev–Trinajstić information content (AvgIpc) is 3.42. The number of nitrogens with zero attached hydrogens (tertiary/aromatic N) is 2. The minimum absolute atomic E-state index is 0.00636. The third-order valence-corrected chi connectivity index (χ3v) is 8.25. The highest BCUT2D eigenvalue weighted by Crippen LogP contribution is 2.50. The van der Waals surface area contributed by atoms with E-state index in [0.29, 0.717) is 17.9 Å². The molecule has 0 radical (unpaired) electrons. The van der Waals surface area contributed by atoms with Crippen molar-refractivity contribution < 1.29 is 9.53 Å². The van der Waals surface area contributed by atoms with Gasteiger partial charge >= 0.3 is 0 Å². The van der Waals surface area contributed by atoms with Gasteiger partial charge in [-0.05, 0) is 83.3 Å². The van der Waals surface area contributed by atoms with Gasteiger partial charge in [0.1, 0.15) is 0 Å². The molecule has 1 aliphatic heterocycles. The maximum atomic E-state index is 13.1. The maximum Gasteiger partial charge on any atom is 0.275 e. The minimum Gasteiger partial charge on any atom is -0.381 e. The Morgan fingerprint density at radius 1 is 1.23 bits per heavy atom. The molecule has 3 unspecified atom stereocenters. The summed E-state index contributed by atoms with van der Waals surface area (Å²) in [5.74, 6) is 1.78. The van der Waals surface area contributed by atoms with E-state index in [0.717, 1.165) is 18.8 Å². The van der Waals surface area contributed by atoms with Crippen LogP contribution in [0.4, 0.5) is 0 Å². The lowest BCUT2D eigenvalue weighted by molar-refractivity contribution is -0.138. The third kappa shape index (κ3) is 3.81. The van der Waals surface area contributed by atoms with E-state index in [2.05, 4.69) is 5.10 Å². The minimum atomic E-state index is -0.941. The number of methoxy groups -OCH3 is 1. The van der Waals surface area contributed by atoms with Crippen molar-refractivity contribution in [2.24, 2.45) is 28.8 Å². The zero-order valence-electron chi connectivity index (χ0n) is 16.7. The first-order valence-electron chi connectivity index (χ1n) is 9.88. The number of hydrazone groups is 1. The first-order valence-corrected chi connectivity index (χ1v) is 11.5. The van der Waals surface area contributed by atoms with Gasteiger partial charge in [0.05, 0.1) is 11.6 Å².